The van der Waals surface area contributed by atoms with Crippen molar-refractivity contribution in [2.75, 3.05) is 26.1 Å². The van der Waals surface area contributed by atoms with E-state index in [1.54, 1.807) is 0 Å². The van der Waals surface area contributed by atoms with Gasteiger partial charge in [0.2, 0.25) is 5.91 Å². The van der Waals surface area contributed by atoms with Crippen LogP contribution in [0.15, 0.2) is 82.7 Å². The predicted molar refractivity (Wildman–Crippen MR) is 177 cm³/mol. The second-order valence-corrected chi connectivity index (χ2v) is 11.6. The van der Waals surface area contributed by atoms with Gasteiger partial charge in [-0.25, -0.2) is 4.39 Å². The Morgan fingerprint density at radius 3 is 2.15 bits per heavy atom. The maximum Gasteiger partial charge on any atom is 0.416 e. The van der Waals surface area contributed by atoms with Crippen LogP contribution in [0, 0.1) is 5.82 Å². The van der Waals surface area contributed by atoms with Crippen molar-refractivity contribution in [3.8, 4) is 11.1 Å². The van der Waals surface area contributed by atoms with Gasteiger partial charge in [-0.15, -0.1) is 0 Å². The normalized spacial score (nSPS) is 16.6. The van der Waals surface area contributed by atoms with Gasteiger partial charge < -0.3 is 14.4 Å². The highest BCUT2D eigenvalue weighted by atomic mass is 32.2. The first kappa shape index (κ1) is 25.1. The van der Waals surface area contributed by atoms with Crippen LogP contribution < -0.4 is 5.56 Å². The van der Waals surface area contributed by atoms with Gasteiger partial charge in [0.1, 0.15) is 12.3 Å². The molecule has 248 valence electrons. The van der Waals surface area contributed by atoms with Gasteiger partial charge in [0.25, 0.3) is 5.56 Å². The van der Waals surface area contributed by atoms with Gasteiger partial charge in [-0.1, -0.05) is 74.1 Å². The summed E-state index contributed by atoms with van der Waals surface area (Å²) in [5.41, 5.74) is 0.227. The van der Waals surface area contributed by atoms with Crippen LogP contribution in [0.2, 0.25) is 0 Å². The fraction of sp³-hybridized carbons (Fsp3) is 0.361. The van der Waals surface area contributed by atoms with E-state index in [9.17, 15) is 32.6 Å². The van der Waals surface area contributed by atoms with Crippen LogP contribution in [0.4, 0.5) is 17.6 Å². The molecule has 0 aliphatic heterocycles. The van der Waals surface area contributed by atoms with Crippen molar-refractivity contribution >= 4 is 17.7 Å². The number of thioether (sulfide) groups is 1. The summed E-state index contributed by atoms with van der Waals surface area (Å²) in [6, 6.07) is 15.2. The molecule has 47 heavy (non-hydrogen) atoms. The lowest BCUT2D eigenvalue weighted by atomic mass is 10.0. The van der Waals surface area contributed by atoms with Crippen LogP contribution in [-0.2, 0) is 42.6 Å². The molecule has 1 amide bonds. The zero-order chi connectivity index (χ0) is 40.7. The molecule has 5 rings (SSSR count). The van der Waals surface area contributed by atoms with E-state index >= 15 is 0 Å². The fourth-order valence-electron chi connectivity index (χ4n) is 5.11. The van der Waals surface area contributed by atoms with Gasteiger partial charge in [-0.2, -0.15) is 18.2 Å². The number of likely N-dealkylation sites (N-methyl/N-ethyl adjacent to an activating group) is 1. The molecule has 0 N–H and O–H groups in total. The Hall–Kier alpha value is -3.96. The highest BCUT2D eigenvalue weighted by Crippen LogP contribution is 2.31. The second kappa shape index (κ2) is 15.3. The van der Waals surface area contributed by atoms with Gasteiger partial charge in [-0.05, 0) is 78.8 Å². The molecule has 0 fully saturated rings. The molecule has 1 aliphatic rings. The minimum Gasteiger partial charge on any atom is -0.336 e. The topological polar surface area (TPSA) is 58.4 Å². The third-order valence-electron chi connectivity index (χ3n) is 7.62. The molecule has 0 spiro atoms. The quantitative estimate of drug-likeness (QED) is 0.0852. The molecule has 0 saturated heterocycles. The van der Waals surface area contributed by atoms with Crippen molar-refractivity contribution in [1.29, 1.82) is 0 Å². The molecule has 1 aliphatic carbocycles. The Kier molecular flexibility index (Phi) is 8.17. The number of hydrogen-bond donors (Lipinski definition) is 0. The zero-order valence-electron chi connectivity index (χ0n) is 33.7. The average Bonchev–Trinajstić information content (AvgIpc) is 3.58. The number of benzene rings is 3. The summed E-state index contributed by atoms with van der Waals surface area (Å²) in [6.45, 7) is -9.62. The van der Waals surface area contributed by atoms with Crippen molar-refractivity contribution in [2.24, 2.45) is 0 Å². The molecule has 0 unspecified atom stereocenters. The van der Waals surface area contributed by atoms with Crippen molar-refractivity contribution in [3.05, 3.63) is 117 Å². The van der Waals surface area contributed by atoms with Gasteiger partial charge in [0.05, 0.1) is 11.0 Å². The smallest absolute Gasteiger partial charge is 0.336 e. The van der Waals surface area contributed by atoms with E-state index in [1.807, 2.05) is 0 Å². The third kappa shape index (κ3) is 8.70. The standard InChI is InChI=1S/C36H38F4N4O2S/c1-3-42(4-2)20-21-43(22-25-8-12-27(13-9-25)28-14-16-29(17-15-28)36(38,39)40)33(45)23-44-32-7-5-6-31(32)34(46)41-35(44)47-24-26-10-18-30(37)19-11-26/h8-19H,3-7,20-24H2,1-2H3/i3D2,4D2,22D2,23D2. The molecule has 1 aromatic heterocycles. The first-order valence-corrected chi connectivity index (χ1v) is 15.8. The third-order valence-corrected chi connectivity index (χ3v) is 8.63. The number of alkyl halides is 3. The maximum atomic E-state index is 14.7. The minimum absolute atomic E-state index is 0.109. The molecule has 1 heterocycles. The van der Waals surface area contributed by atoms with Crippen molar-refractivity contribution in [1.82, 2.24) is 19.4 Å². The highest BCUT2D eigenvalue weighted by Gasteiger charge is 2.30. The predicted octanol–water partition coefficient (Wildman–Crippen LogP) is 7.22. The Morgan fingerprint density at radius 2 is 1.53 bits per heavy atom. The van der Waals surface area contributed by atoms with E-state index in [1.165, 1.54) is 60.7 Å². The Morgan fingerprint density at radius 1 is 0.915 bits per heavy atom. The largest absolute Gasteiger partial charge is 0.416 e. The lowest BCUT2D eigenvalue weighted by Gasteiger charge is -2.28. The average molecular weight is 675 g/mol. The SMILES string of the molecule is [2H]C([2H])(C)N(CCN(C(=O)C([2H])([2H])n1c(SCc2ccc(F)cc2)nc(=O)c2c1CCC2)C([2H])([2H])c1ccc(-c2ccc(C(F)(F)F)cc2)cc1)C([2H])([2H])C. The first-order valence-electron chi connectivity index (χ1n) is 18.8. The van der Waals surface area contributed by atoms with Crippen LogP contribution in [0.25, 0.3) is 11.1 Å². The van der Waals surface area contributed by atoms with Gasteiger partial charge in [0.15, 0.2) is 5.16 Å². The maximum absolute atomic E-state index is 14.7. The molecular formula is C36H38F4N4O2S. The van der Waals surface area contributed by atoms with E-state index in [0.29, 0.717) is 28.0 Å². The van der Waals surface area contributed by atoms with Crippen LogP contribution in [0.3, 0.4) is 0 Å². The summed E-state index contributed by atoms with van der Waals surface area (Å²) in [4.78, 5) is 33.2. The molecule has 3 aromatic carbocycles. The van der Waals surface area contributed by atoms with Crippen molar-refractivity contribution in [2.45, 2.75) is 63.2 Å². The molecule has 4 aromatic rings. The first-order chi connectivity index (χ1) is 25.4. The summed E-state index contributed by atoms with van der Waals surface area (Å²) in [7, 11) is 0. The molecule has 0 bridgehead atoms. The Bertz CT molecular complexity index is 2060. The number of rotatable bonds is 13. The number of aromatic nitrogens is 2. The summed E-state index contributed by atoms with van der Waals surface area (Å²) in [5.74, 6) is -1.80. The molecule has 11 heteroatoms. The van der Waals surface area contributed by atoms with Gasteiger partial charge in [0, 0.05) is 42.1 Å². The lowest BCUT2D eigenvalue weighted by Crippen LogP contribution is -2.40. The highest BCUT2D eigenvalue weighted by molar-refractivity contribution is 7.98. The number of carbonyl (C=O) groups is 1. The Labute approximate surface area is 287 Å². The summed E-state index contributed by atoms with van der Waals surface area (Å²) in [5, 5.41) is -0.175. The van der Waals surface area contributed by atoms with E-state index < -0.39 is 68.1 Å². The van der Waals surface area contributed by atoms with Crippen molar-refractivity contribution < 1.29 is 33.3 Å². The molecule has 0 atom stereocenters. The van der Waals surface area contributed by atoms with E-state index in [2.05, 4.69) is 4.98 Å². The monoisotopic (exact) mass is 674 g/mol. The van der Waals surface area contributed by atoms with Gasteiger partial charge in [-0.3, -0.25) is 9.59 Å². The van der Waals surface area contributed by atoms with Crippen molar-refractivity contribution in [3.63, 3.8) is 0 Å². The second-order valence-electron chi connectivity index (χ2n) is 10.7. The number of amides is 1. The van der Waals surface area contributed by atoms with Crippen LogP contribution in [0.1, 0.15) is 59.2 Å². The number of nitrogens with zero attached hydrogens (tertiary/aromatic N) is 4. The summed E-state index contributed by atoms with van der Waals surface area (Å²) in [6.07, 6.45) is -3.60. The minimum atomic E-state index is -4.54. The Balaban J connectivity index is 1.57. The molecule has 0 radical (unpaired) electrons. The molecular weight excluding hydrogens is 628 g/mol. The fourth-order valence-corrected chi connectivity index (χ4v) is 6.03. The van der Waals surface area contributed by atoms with Gasteiger partial charge >= 0.3 is 6.18 Å². The van der Waals surface area contributed by atoms with E-state index in [0.717, 1.165) is 47.2 Å². The number of halogens is 4. The molecule has 6 nitrogen and oxygen atoms in total. The van der Waals surface area contributed by atoms with E-state index in [4.69, 9.17) is 5.48 Å². The van der Waals surface area contributed by atoms with Crippen LogP contribution in [0.5, 0.6) is 0 Å². The summed E-state index contributed by atoms with van der Waals surface area (Å²) < 4.78 is 124. The lowest BCUT2D eigenvalue weighted by molar-refractivity contribution is -0.137. The molecule has 0 saturated carbocycles. The number of hydrogen-bond acceptors (Lipinski definition) is 5. The van der Waals surface area contributed by atoms with Crippen LogP contribution >= 0.6 is 11.8 Å². The number of fused-ring (bicyclic) bond motifs is 1. The summed E-state index contributed by atoms with van der Waals surface area (Å²) >= 11 is 0.928. The zero-order valence-corrected chi connectivity index (χ0v) is 26.5. The van der Waals surface area contributed by atoms with Crippen LogP contribution in [-0.4, -0.2) is 51.3 Å². The number of carbonyl (C=O) groups excluding carboxylic acids is 1. The van der Waals surface area contributed by atoms with E-state index in [-0.39, 0.29) is 40.6 Å².